The number of imidazole rings is 1. The molecule has 3 N–H and O–H groups in total. The molecule has 1 saturated heterocycles. The van der Waals surface area contributed by atoms with Crippen molar-refractivity contribution >= 4 is 24.8 Å². The van der Waals surface area contributed by atoms with Crippen LogP contribution >= 0.6 is 7.75 Å². The lowest BCUT2D eigenvalue weighted by molar-refractivity contribution is -0.121. The highest BCUT2D eigenvalue weighted by Crippen LogP contribution is 2.45. The molecule has 0 radical (unpaired) electrons. The van der Waals surface area contributed by atoms with E-state index in [0.717, 1.165) is 44.9 Å². The number of nitrogens with zero attached hydrogens (tertiary/aromatic N) is 3. The van der Waals surface area contributed by atoms with Crippen molar-refractivity contribution < 1.29 is 23.1 Å². The third kappa shape index (κ3) is 14.4. The summed E-state index contributed by atoms with van der Waals surface area (Å²) < 4.78 is 33.2. The van der Waals surface area contributed by atoms with Crippen molar-refractivity contribution in [3.63, 3.8) is 0 Å². The van der Waals surface area contributed by atoms with Gasteiger partial charge in [-0.3, -0.25) is 18.7 Å². The summed E-state index contributed by atoms with van der Waals surface area (Å²) in [6.07, 6.45) is 31.8. The number of aromatic nitrogens is 4. The second-order valence-corrected chi connectivity index (χ2v) is 13.7. The predicted molar refractivity (Wildman–Crippen MR) is 201 cm³/mol. The van der Waals surface area contributed by atoms with E-state index in [-0.39, 0.29) is 42.8 Å². The predicted octanol–water partition coefficient (Wildman–Crippen LogP) is 7.63. The van der Waals surface area contributed by atoms with E-state index in [9.17, 15) is 14.2 Å². The van der Waals surface area contributed by atoms with Gasteiger partial charge in [0, 0.05) is 19.5 Å². The molecule has 0 saturated carbocycles. The molecular weight excluding hydrogens is 667 g/mol. The molecule has 2 unspecified atom stereocenters. The third-order valence-corrected chi connectivity index (χ3v) is 9.40. The van der Waals surface area contributed by atoms with E-state index in [4.69, 9.17) is 13.8 Å². The van der Waals surface area contributed by atoms with Crippen molar-refractivity contribution in [2.24, 2.45) is 0 Å². The molecule has 4 rings (SSSR count). The molecule has 0 aliphatic carbocycles. The number of nitrogens with one attached hydrogen (secondary N) is 3. The van der Waals surface area contributed by atoms with Crippen LogP contribution in [0.25, 0.3) is 11.2 Å². The molecule has 1 aliphatic rings. The van der Waals surface area contributed by atoms with Crippen LogP contribution in [0.15, 0.2) is 109 Å². The standard InChI is InChI=1S/C38H51N6O6P/c1-2-3-4-5-6-7-8-9-10-11-12-13-14-15-16-17-21-24-34(45)39-27-28-43-51(47,50-32-22-19-18-20-23-32)48-29-33-25-26-35(49-33)44-31-42-36-37(44)40-30-41-38(36)46/h3-4,6-7,9-10,12-13,15-16,18-20,22-23,30-31,33,35H,2,5,8,11,14,17,21,24-29H2,1H3,(H,39,45)(H,43,47)(H,40,41,46)/t33-,35?,51?/m0/s1. The van der Waals surface area contributed by atoms with Gasteiger partial charge in [-0.1, -0.05) is 85.9 Å². The third-order valence-electron chi connectivity index (χ3n) is 7.84. The largest absolute Gasteiger partial charge is 0.458 e. The van der Waals surface area contributed by atoms with Crippen molar-refractivity contribution in [2.45, 2.75) is 83.5 Å². The Kier molecular flexibility index (Phi) is 17.4. The highest BCUT2D eigenvalue weighted by Gasteiger charge is 2.33. The minimum Gasteiger partial charge on any atom is -0.413 e. The number of aromatic amines is 1. The maximum Gasteiger partial charge on any atom is 0.458 e. The van der Waals surface area contributed by atoms with Crippen LogP contribution in [0.4, 0.5) is 0 Å². The van der Waals surface area contributed by atoms with Crippen molar-refractivity contribution in [1.82, 2.24) is 29.9 Å². The van der Waals surface area contributed by atoms with Crippen LogP contribution < -0.4 is 20.5 Å². The Morgan fingerprint density at radius 1 is 0.961 bits per heavy atom. The molecule has 51 heavy (non-hydrogen) atoms. The van der Waals surface area contributed by atoms with Gasteiger partial charge >= 0.3 is 7.75 Å². The van der Waals surface area contributed by atoms with E-state index in [0.29, 0.717) is 30.7 Å². The fourth-order valence-electron chi connectivity index (χ4n) is 5.23. The first-order valence-electron chi connectivity index (χ1n) is 17.8. The molecule has 3 atom stereocenters. The summed E-state index contributed by atoms with van der Waals surface area (Å²) in [6, 6.07) is 8.77. The Morgan fingerprint density at radius 2 is 1.65 bits per heavy atom. The van der Waals surface area contributed by atoms with Gasteiger partial charge in [0.2, 0.25) is 5.91 Å². The van der Waals surface area contributed by atoms with Crippen molar-refractivity contribution in [2.75, 3.05) is 19.7 Å². The van der Waals surface area contributed by atoms with E-state index >= 15 is 0 Å². The van der Waals surface area contributed by atoms with Gasteiger partial charge in [-0.15, -0.1) is 0 Å². The summed E-state index contributed by atoms with van der Waals surface area (Å²) in [7, 11) is -3.82. The number of allylic oxidation sites excluding steroid dienone is 10. The second kappa shape index (κ2) is 22.5. The SMILES string of the molecule is CCC=CCC=CCC=CCC=CCC=CCCCC(=O)NCCNP(=O)(OC[C@@H]1CCC(n2cnc3c(=O)[nH]cnc32)O1)Oc1ccccc1. The van der Waals surface area contributed by atoms with E-state index in [1.807, 2.05) is 6.07 Å². The molecule has 13 heteroatoms. The number of carbonyl (C=O) groups excluding carboxylic acids is 1. The number of hydrogen-bond donors (Lipinski definition) is 3. The topological polar surface area (TPSA) is 149 Å². The smallest absolute Gasteiger partial charge is 0.413 e. The number of ether oxygens (including phenoxy) is 1. The molecule has 1 aromatic carbocycles. The van der Waals surface area contributed by atoms with Gasteiger partial charge < -0.3 is 19.6 Å². The molecule has 274 valence electrons. The number of H-pyrrole nitrogens is 1. The summed E-state index contributed by atoms with van der Waals surface area (Å²) in [5, 5.41) is 5.73. The molecule has 2 aromatic heterocycles. The average molecular weight is 719 g/mol. The summed E-state index contributed by atoms with van der Waals surface area (Å²) >= 11 is 0. The number of carbonyl (C=O) groups is 1. The van der Waals surface area contributed by atoms with Crippen LogP contribution in [0.5, 0.6) is 5.75 Å². The fraction of sp³-hybridized carbons (Fsp3) is 0.421. The minimum atomic E-state index is -3.82. The minimum absolute atomic E-state index is 0.0103. The molecule has 1 aliphatic heterocycles. The zero-order valence-corrected chi connectivity index (χ0v) is 30.3. The van der Waals surface area contributed by atoms with Gasteiger partial charge in [-0.25, -0.2) is 19.6 Å². The van der Waals surface area contributed by atoms with Crippen molar-refractivity contribution in [3.8, 4) is 5.75 Å². The van der Waals surface area contributed by atoms with Gasteiger partial charge in [0.15, 0.2) is 11.2 Å². The van der Waals surface area contributed by atoms with Crippen molar-refractivity contribution in [3.05, 3.63) is 114 Å². The number of amides is 1. The molecular formula is C38H51N6O6P. The number of benzene rings is 1. The van der Waals surface area contributed by atoms with Crippen LogP contribution in [0, 0.1) is 0 Å². The summed E-state index contributed by atoms with van der Waals surface area (Å²) in [5.74, 6) is 0.316. The number of para-hydroxylation sites is 1. The Labute approximate surface area is 300 Å². The highest BCUT2D eigenvalue weighted by molar-refractivity contribution is 7.52. The number of hydrogen-bond acceptors (Lipinski definition) is 8. The second-order valence-electron chi connectivity index (χ2n) is 11.9. The quantitative estimate of drug-likeness (QED) is 0.0511. The van der Waals surface area contributed by atoms with E-state index < -0.39 is 14.0 Å². The molecule has 1 fully saturated rings. The molecule has 3 heterocycles. The van der Waals surface area contributed by atoms with E-state index in [2.05, 4.69) is 93.0 Å². The Morgan fingerprint density at radius 3 is 2.35 bits per heavy atom. The summed E-state index contributed by atoms with van der Waals surface area (Å²) in [4.78, 5) is 35.3. The molecule has 1 amide bonds. The van der Waals surface area contributed by atoms with Gasteiger partial charge in [-0.2, -0.15) is 0 Å². The van der Waals surface area contributed by atoms with Crippen LogP contribution in [0.2, 0.25) is 0 Å². The maximum atomic E-state index is 13.7. The monoisotopic (exact) mass is 718 g/mol. The summed E-state index contributed by atoms with van der Waals surface area (Å²) in [5.41, 5.74) is 0.351. The van der Waals surface area contributed by atoms with Crippen LogP contribution in [-0.4, -0.2) is 51.2 Å². The normalized spacial score (nSPS) is 17.9. The van der Waals surface area contributed by atoms with Gasteiger partial charge in [0.05, 0.1) is 25.4 Å². The van der Waals surface area contributed by atoms with Gasteiger partial charge in [-0.05, 0) is 69.9 Å². The zero-order chi connectivity index (χ0) is 36.0. The first kappa shape index (κ1) is 39.4. The zero-order valence-electron chi connectivity index (χ0n) is 29.4. The van der Waals surface area contributed by atoms with E-state index in [1.165, 1.54) is 12.7 Å². The first-order chi connectivity index (χ1) is 25.0. The Balaban J connectivity index is 1.11. The van der Waals surface area contributed by atoms with Crippen LogP contribution in [0.1, 0.15) is 77.4 Å². The molecule has 12 nitrogen and oxygen atoms in total. The lowest BCUT2D eigenvalue weighted by Gasteiger charge is -2.22. The summed E-state index contributed by atoms with van der Waals surface area (Å²) in [6.45, 7) is 2.59. The highest BCUT2D eigenvalue weighted by atomic mass is 31.2. The molecule has 0 bridgehead atoms. The lowest BCUT2D eigenvalue weighted by Crippen LogP contribution is -2.32. The van der Waals surface area contributed by atoms with Gasteiger partial charge in [0.1, 0.15) is 12.0 Å². The molecule has 3 aromatic rings. The number of unbranched alkanes of at least 4 members (excludes halogenated alkanes) is 1. The van der Waals surface area contributed by atoms with E-state index in [1.54, 1.807) is 28.8 Å². The first-order valence-corrected chi connectivity index (χ1v) is 19.3. The van der Waals surface area contributed by atoms with Crippen LogP contribution in [0.3, 0.4) is 0 Å². The van der Waals surface area contributed by atoms with Crippen molar-refractivity contribution in [1.29, 1.82) is 0 Å². The number of rotatable bonds is 23. The Hall–Kier alpha value is -4.35. The maximum absolute atomic E-state index is 13.7. The number of fused-ring (bicyclic) bond motifs is 1. The Bertz CT molecular complexity index is 1730. The van der Waals surface area contributed by atoms with Gasteiger partial charge in [0.25, 0.3) is 5.56 Å². The average Bonchev–Trinajstić information content (AvgIpc) is 3.79. The fourth-order valence-corrected chi connectivity index (χ4v) is 6.58. The molecule has 0 spiro atoms. The van der Waals surface area contributed by atoms with Crippen LogP contribution in [-0.2, 0) is 18.6 Å². The lowest BCUT2D eigenvalue weighted by atomic mass is 10.2.